The number of nitrogens with two attached hydrogens (primary N) is 1. The maximum Gasteiger partial charge on any atom is 0.122 e. The summed E-state index contributed by atoms with van der Waals surface area (Å²) in [6.45, 7) is 4.24. The van der Waals surface area contributed by atoms with E-state index in [1.54, 1.807) is 6.20 Å². The van der Waals surface area contributed by atoms with E-state index < -0.39 is 0 Å². The van der Waals surface area contributed by atoms with E-state index in [1.807, 2.05) is 28.9 Å². The maximum atomic E-state index is 6.10. The first-order valence-corrected chi connectivity index (χ1v) is 7.08. The highest BCUT2D eigenvalue weighted by atomic mass is 15.3. The summed E-state index contributed by atoms with van der Waals surface area (Å²) in [7, 11) is 0. The molecular formula is C18H19N3. The number of benzene rings is 2. The number of hydrogen-bond acceptors (Lipinski definition) is 2. The van der Waals surface area contributed by atoms with Gasteiger partial charge in [0.15, 0.2) is 0 Å². The van der Waals surface area contributed by atoms with Crippen molar-refractivity contribution in [1.29, 1.82) is 0 Å². The minimum absolute atomic E-state index is 0.00167. The normalized spacial score (nSPS) is 12.3. The SMILES string of the molecule is Cc1ccc(C(c2ccccc2)n2nccc2N)c(C)c1. The number of anilines is 1. The van der Waals surface area contributed by atoms with Gasteiger partial charge < -0.3 is 5.73 Å². The van der Waals surface area contributed by atoms with E-state index in [0.717, 1.165) is 0 Å². The Bertz CT molecular complexity index is 744. The van der Waals surface area contributed by atoms with Crippen molar-refractivity contribution in [3.63, 3.8) is 0 Å². The van der Waals surface area contributed by atoms with Crippen LogP contribution in [0.2, 0.25) is 0 Å². The van der Waals surface area contributed by atoms with E-state index in [0.29, 0.717) is 5.82 Å². The maximum absolute atomic E-state index is 6.10. The average molecular weight is 277 g/mol. The van der Waals surface area contributed by atoms with Gasteiger partial charge in [0.25, 0.3) is 0 Å². The summed E-state index contributed by atoms with van der Waals surface area (Å²) in [5, 5.41) is 4.42. The number of nitrogens with zero attached hydrogens (tertiary/aromatic N) is 2. The molecule has 0 aliphatic rings. The van der Waals surface area contributed by atoms with Crippen molar-refractivity contribution in [2.24, 2.45) is 0 Å². The largest absolute Gasteiger partial charge is 0.384 e. The number of hydrogen-bond donors (Lipinski definition) is 1. The zero-order valence-electron chi connectivity index (χ0n) is 12.3. The molecule has 0 aliphatic carbocycles. The molecule has 3 aromatic rings. The Kier molecular flexibility index (Phi) is 3.48. The molecule has 1 heterocycles. The first kappa shape index (κ1) is 13.4. The van der Waals surface area contributed by atoms with Gasteiger partial charge in [0.2, 0.25) is 0 Å². The lowest BCUT2D eigenvalue weighted by atomic mass is 9.94. The Hall–Kier alpha value is -2.55. The van der Waals surface area contributed by atoms with Crippen molar-refractivity contribution in [1.82, 2.24) is 9.78 Å². The summed E-state index contributed by atoms with van der Waals surface area (Å²) in [4.78, 5) is 0. The van der Waals surface area contributed by atoms with E-state index in [-0.39, 0.29) is 6.04 Å². The van der Waals surface area contributed by atoms with Crippen LogP contribution in [0.25, 0.3) is 0 Å². The van der Waals surface area contributed by atoms with Crippen LogP contribution in [-0.4, -0.2) is 9.78 Å². The van der Waals surface area contributed by atoms with Crippen molar-refractivity contribution in [3.05, 3.63) is 83.0 Å². The molecule has 0 fully saturated rings. The zero-order chi connectivity index (χ0) is 14.8. The first-order valence-electron chi connectivity index (χ1n) is 7.08. The van der Waals surface area contributed by atoms with E-state index in [4.69, 9.17) is 5.73 Å². The third-order valence-corrected chi connectivity index (χ3v) is 3.78. The lowest BCUT2D eigenvalue weighted by molar-refractivity contribution is 0.602. The molecule has 1 unspecified atom stereocenters. The van der Waals surface area contributed by atoms with Crippen LogP contribution in [0.3, 0.4) is 0 Å². The average Bonchev–Trinajstić information content (AvgIpc) is 2.89. The van der Waals surface area contributed by atoms with Gasteiger partial charge in [-0.2, -0.15) is 5.10 Å². The van der Waals surface area contributed by atoms with E-state index in [9.17, 15) is 0 Å². The highest BCUT2D eigenvalue weighted by Gasteiger charge is 2.20. The fraction of sp³-hybridized carbons (Fsp3) is 0.167. The van der Waals surface area contributed by atoms with Crippen LogP contribution in [0.1, 0.15) is 28.3 Å². The minimum Gasteiger partial charge on any atom is -0.384 e. The van der Waals surface area contributed by atoms with Crippen LogP contribution >= 0.6 is 0 Å². The van der Waals surface area contributed by atoms with Gasteiger partial charge in [-0.15, -0.1) is 0 Å². The second-order valence-corrected chi connectivity index (χ2v) is 5.37. The summed E-state index contributed by atoms with van der Waals surface area (Å²) in [5.74, 6) is 0.670. The van der Waals surface area contributed by atoms with Crippen LogP contribution in [0.15, 0.2) is 60.8 Å². The van der Waals surface area contributed by atoms with Crippen LogP contribution in [0.5, 0.6) is 0 Å². The van der Waals surface area contributed by atoms with Gasteiger partial charge in [0.1, 0.15) is 11.9 Å². The third-order valence-electron chi connectivity index (χ3n) is 3.78. The van der Waals surface area contributed by atoms with Crippen molar-refractivity contribution in [3.8, 4) is 0 Å². The number of aromatic nitrogens is 2. The Morgan fingerprint density at radius 2 is 1.76 bits per heavy atom. The highest BCUT2D eigenvalue weighted by molar-refractivity contribution is 5.42. The standard InChI is InChI=1S/C18H19N3/c1-13-8-9-16(14(2)12-13)18(15-6-4-3-5-7-15)21-17(19)10-11-20-21/h3-12,18H,19H2,1-2H3. The summed E-state index contributed by atoms with van der Waals surface area (Å²) >= 11 is 0. The van der Waals surface area contributed by atoms with Gasteiger partial charge in [-0.05, 0) is 36.6 Å². The summed E-state index contributed by atoms with van der Waals surface area (Å²) in [6, 6.07) is 18.7. The molecule has 1 atom stereocenters. The van der Waals surface area contributed by atoms with Gasteiger partial charge in [0.05, 0.1) is 6.20 Å². The molecule has 2 N–H and O–H groups in total. The molecule has 0 saturated carbocycles. The van der Waals surface area contributed by atoms with Crippen molar-refractivity contribution in [2.75, 3.05) is 5.73 Å². The fourth-order valence-corrected chi connectivity index (χ4v) is 2.76. The zero-order valence-corrected chi connectivity index (χ0v) is 12.3. The molecule has 3 nitrogen and oxygen atoms in total. The summed E-state index contributed by atoms with van der Waals surface area (Å²) in [6.07, 6.45) is 1.74. The molecule has 3 rings (SSSR count). The predicted octanol–water partition coefficient (Wildman–Crippen LogP) is 3.72. The summed E-state index contributed by atoms with van der Waals surface area (Å²) < 4.78 is 1.88. The van der Waals surface area contributed by atoms with Crippen LogP contribution in [0, 0.1) is 13.8 Å². The van der Waals surface area contributed by atoms with E-state index in [2.05, 4.69) is 49.3 Å². The first-order chi connectivity index (χ1) is 10.2. The monoisotopic (exact) mass is 277 g/mol. The highest BCUT2D eigenvalue weighted by Crippen LogP contribution is 2.30. The number of aryl methyl sites for hydroxylation is 2. The van der Waals surface area contributed by atoms with Crippen LogP contribution < -0.4 is 5.73 Å². The Labute approximate surface area is 125 Å². The van der Waals surface area contributed by atoms with Gasteiger partial charge in [-0.1, -0.05) is 54.1 Å². The van der Waals surface area contributed by atoms with Gasteiger partial charge >= 0.3 is 0 Å². The fourth-order valence-electron chi connectivity index (χ4n) is 2.76. The lowest BCUT2D eigenvalue weighted by Crippen LogP contribution is -2.17. The molecule has 0 spiro atoms. The molecule has 0 saturated heterocycles. The molecule has 0 aliphatic heterocycles. The molecule has 21 heavy (non-hydrogen) atoms. The minimum atomic E-state index is 0.00167. The molecule has 0 radical (unpaired) electrons. The Morgan fingerprint density at radius 1 is 1.00 bits per heavy atom. The van der Waals surface area contributed by atoms with Crippen molar-refractivity contribution >= 4 is 5.82 Å². The quantitative estimate of drug-likeness (QED) is 0.793. The van der Waals surface area contributed by atoms with Crippen LogP contribution in [0.4, 0.5) is 5.82 Å². The van der Waals surface area contributed by atoms with Crippen molar-refractivity contribution < 1.29 is 0 Å². The molecule has 2 aromatic carbocycles. The molecule has 0 bridgehead atoms. The third kappa shape index (κ3) is 2.55. The van der Waals surface area contributed by atoms with Gasteiger partial charge in [-0.25, -0.2) is 4.68 Å². The van der Waals surface area contributed by atoms with Crippen molar-refractivity contribution in [2.45, 2.75) is 19.9 Å². The predicted molar refractivity (Wildman–Crippen MR) is 86.2 cm³/mol. The smallest absolute Gasteiger partial charge is 0.122 e. The van der Waals surface area contributed by atoms with Gasteiger partial charge in [-0.3, -0.25) is 0 Å². The second-order valence-electron chi connectivity index (χ2n) is 5.37. The molecule has 106 valence electrons. The lowest BCUT2D eigenvalue weighted by Gasteiger charge is -2.22. The Morgan fingerprint density at radius 3 is 2.38 bits per heavy atom. The van der Waals surface area contributed by atoms with Crippen LogP contribution in [-0.2, 0) is 0 Å². The number of nitrogen functional groups attached to an aromatic ring is 1. The second kappa shape index (κ2) is 5.44. The Balaban J connectivity index is 2.20. The molecular weight excluding hydrogens is 258 g/mol. The molecule has 0 amide bonds. The number of rotatable bonds is 3. The summed E-state index contributed by atoms with van der Waals surface area (Å²) in [5.41, 5.74) is 11.0. The molecule has 1 aromatic heterocycles. The topological polar surface area (TPSA) is 43.8 Å². The molecule has 3 heteroatoms. The van der Waals surface area contributed by atoms with E-state index >= 15 is 0 Å². The van der Waals surface area contributed by atoms with Gasteiger partial charge in [0, 0.05) is 0 Å². The van der Waals surface area contributed by atoms with E-state index in [1.165, 1.54) is 22.3 Å².